The third-order valence-corrected chi connectivity index (χ3v) is 2.89. The lowest BCUT2D eigenvalue weighted by Gasteiger charge is -1.98. The van der Waals surface area contributed by atoms with E-state index in [1.165, 1.54) is 6.26 Å². The average molecular weight is 259 g/mol. The SMILES string of the molecule is Clc1cc(-c2ccon2)ccc1Br. The standard InChI is InChI=1S/C9H5BrClNO/c10-7-2-1-6(5-8(7)11)9-3-4-13-12-9/h1-5H. The summed E-state index contributed by atoms with van der Waals surface area (Å²) in [6.07, 6.45) is 1.53. The van der Waals surface area contributed by atoms with Gasteiger partial charge in [-0.2, -0.15) is 0 Å². The zero-order chi connectivity index (χ0) is 9.26. The van der Waals surface area contributed by atoms with Crippen molar-refractivity contribution < 1.29 is 4.52 Å². The van der Waals surface area contributed by atoms with Crippen LogP contribution in [-0.2, 0) is 0 Å². The van der Waals surface area contributed by atoms with E-state index in [0.717, 1.165) is 15.7 Å². The first kappa shape index (κ1) is 8.78. The van der Waals surface area contributed by atoms with Gasteiger partial charge in [-0.15, -0.1) is 0 Å². The Morgan fingerprint density at radius 1 is 1.31 bits per heavy atom. The van der Waals surface area contributed by atoms with Crippen molar-refractivity contribution in [2.45, 2.75) is 0 Å². The number of hydrogen-bond acceptors (Lipinski definition) is 2. The second-order valence-corrected chi connectivity index (χ2v) is 3.78. The molecule has 0 saturated carbocycles. The van der Waals surface area contributed by atoms with E-state index in [2.05, 4.69) is 21.1 Å². The Bertz CT molecular complexity index is 414. The molecule has 0 aliphatic rings. The largest absolute Gasteiger partial charge is 0.364 e. The van der Waals surface area contributed by atoms with E-state index >= 15 is 0 Å². The third-order valence-electron chi connectivity index (χ3n) is 1.65. The van der Waals surface area contributed by atoms with Crippen molar-refractivity contribution in [2.24, 2.45) is 0 Å². The maximum absolute atomic E-state index is 5.93. The summed E-state index contributed by atoms with van der Waals surface area (Å²) in [7, 11) is 0. The third kappa shape index (κ3) is 1.76. The summed E-state index contributed by atoms with van der Waals surface area (Å²) in [6, 6.07) is 7.43. The van der Waals surface area contributed by atoms with E-state index in [-0.39, 0.29) is 0 Å². The summed E-state index contributed by atoms with van der Waals surface area (Å²) in [5.74, 6) is 0. The quantitative estimate of drug-likeness (QED) is 0.778. The first-order valence-corrected chi connectivity index (χ1v) is 4.80. The maximum Gasteiger partial charge on any atom is 0.124 e. The molecule has 2 nitrogen and oxygen atoms in total. The van der Waals surface area contributed by atoms with Crippen LogP contribution in [0.15, 0.2) is 39.5 Å². The molecule has 0 N–H and O–H groups in total. The van der Waals surface area contributed by atoms with Gasteiger partial charge < -0.3 is 4.52 Å². The Morgan fingerprint density at radius 2 is 2.15 bits per heavy atom. The molecule has 0 aliphatic heterocycles. The van der Waals surface area contributed by atoms with E-state index < -0.39 is 0 Å². The van der Waals surface area contributed by atoms with Crippen molar-refractivity contribution in [1.82, 2.24) is 5.16 Å². The van der Waals surface area contributed by atoms with E-state index in [1.807, 2.05) is 18.2 Å². The topological polar surface area (TPSA) is 26.0 Å². The molecule has 0 unspecified atom stereocenters. The Balaban J connectivity index is 2.49. The summed E-state index contributed by atoms with van der Waals surface area (Å²) in [5, 5.41) is 4.48. The van der Waals surface area contributed by atoms with Crippen LogP contribution in [-0.4, -0.2) is 5.16 Å². The van der Waals surface area contributed by atoms with E-state index in [9.17, 15) is 0 Å². The number of benzene rings is 1. The van der Waals surface area contributed by atoms with Gasteiger partial charge in [0.25, 0.3) is 0 Å². The second kappa shape index (κ2) is 3.52. The van der Waals surface area contributed by atoms with Crippen LogP contribution >= 0.6 is 27.5 Å². The van der Waals surface area contributed by atoms with Crippen molar-refractivity contribution in [3.8, 4) is 11.3 Å². The Hall–Kier alpha value is -0.800. The van der Waals surface area contributed by atoms with Gasteiger partial charge in [-0.3, -0.25) is 0 Å². The molecule has 0 radical (unpaired) electrons. The number of nitrogens with zero attached hydrogens (tertiary/aromatic N) is 1. The van der Waals surface area contributed by atoms with Crippen LogP contribution in [0.2, 0.25) is 5.02 Å². The van der Waals surface area contributed by atoms with Gasteiger partial charge in [0.05, 0.1) is 5.02 Å². The van der Waals surface area contributed by atoms with Crippen LogP contribution in [0, 0.1) is 0 Å². The number of aromatic nitrogens is 1. The van der Waals surface area contributed by atoms with Gasteiger partial charge in [-0.05, 0) is 28.1 Å². The predicted molar refractivity (Wildman–Crippen MR) is 54.6 cm³/mol. The molecule has 2 rings (SSSR count). The average Bonchev–Trinajstić information content (AvgIpc) is 2.62. The Labute approximate surface area is 88.6 Å². The molecule has 66 valence electrons. The summed E-state index contributed by atoms with van der Waals surface area (Å²) in [6.45, 7) is 0. The highest BCUT2D eigenvalue weighted by Crippen LogP contribution is 2.27. The highest BCUT2D eigenvalue weighted by Gasteiger charge is 2.03. The summed E-state index contributed by atoms with van der Waals surface area (Å²) in [5.41, 5.74) is 1.73. The number of halogens is 2. The van der Waals surface area contributed by atoms with Gasteiger partial charge in [0, 0.05) is 16.1 Å². The van der Waals surface area contributed by atoms with Crippen molar-refractivity contribution in [3.63, 3.8) is 0 Å². The molecule has 4 heteroatoms. The van der Waals surface area contributed by atoms with Crippen molar-refractivity contribution >= 4 is 27.5 Å². The Kier molecular flexibility index (Phi) is 2.38. The molecule has 1 aromatic carbocycles. The molecular formula is C9H5BrClNO. The maximum atomic E-state index is 5.93. The predicted octanol–water partition coefficient (Wildman–Crippen LogP) is 3.76. The molecule has 0 amide bonds. The van der Waals surface area contributed by atoms with Crippen LogP contribution in [0.4, 0.5) is 0 Å². The van der Waals surface area contributed by atoms with Gasteiger partial charge in [0.1, 0.15) is 12.0 Å². The van der Waals surface area contributed by atoms with Crippen molar-refractivity contribution in [1.29, 1.82) is 0 Å². The van der Waals surface area contributed by atoms with Gasteiger partial charge in [0.2, 0.25) is 0 Å². The fraction of sp³-hybridized carbons (Fsp3) is 0. The normalized spacial score (nSPS) is 10.3. The van der Waals surface area contributed by atoms with Crippen LogP contribution in [0.3, 0.4) is 0 Å². The minimum absolute atomic E-state index is 0.667. The van der Waals surface area contributed by atoms with E-state index in [0.29, 0.717) is 5.02 Å². The van der Waals surface area contributed by atoms with Gasteiger partial charge >= 0.3 is 0 Å². The van der Waals surface area contributed by atoms with Gasteiger partial charge in [-0.25, -0.2) is 0 Å². The van der Waals surface area contributed by atoms with E-state index in [4.69, 9.17) is 16.1 Å². The minimum atomic E-state index is 0.667. The first-order valence-electron chi connectivity index (χ1n) is 3.63. The number of rotatable bonds is 1. The molecule has 0 bridgehead atoms. The summed E-state index contributed by atoms with van der Waals surface area (Å²) >= 11 is 9.24. The van der Waals surface area contributed by atoms with Crippen LogP contribution in [0.1, 0.15) is 0 Å². The molecule has 0 atom stereocenters. The zero-order valence-electron chi connectivity index (χ0n) is 6.50. The number of hydrogen-bond donors (Lipinski definition) is 0. The highest BCUT2D eigenvalue weighted by molar-refractivity contribution is 9.10. The molecule has 0 saturated heterocycles. The summed E-state index contributed by atoms with van der Waals surface area (Å²) in [4.78, 5) is 0. The lowest BCUT2D eigenvalue weighted by Crippen LogP contribution is -1.77. The van der Waals surface area contributed by atoms with Crippen LogP contribution in [0.5, 0.6) is 0 Å². The smallest absolute Gasteiger partial charge is 0.124 e. The molecule has 2 aromatic rings. The molecule has 0 fully saturated rings. The van der Waals surface area contributed by atoms with Crippen molar-refractivity contribution in [3.05, 3.63) is 40.0 Å². The lowest BCUT2D eigenvalue weighted by molar-refractivity contribution is 0.422. The molecule has 0 aliphatic carbocycles. The van der Waals surface area contributed by atoms with Gasteiger partial charge in [-0.1, -0.05) is 22.8 Å². The highest BCUT2D eigenvalue weighted by atomic mass is 79.9. The van der Waals surface area contributed by atoms with Gasteiger partial charge in [0.15, 0.2) is 0 Å². The lowest BCUT2D eigenvalue weighted by atomic mass is 10.2. The molecule has 13 heavy (non-hydrogen) atoms. The first-order chi connectivity index (χ1) is 6.27. The Morgan fingerprint density at radius 3 is 2.77 bits per heavy atom. The minimum Gasteiger partial charge on any atom is -0.364 e. The second-order valence-electron chi connectivity index (χ2n) is 2.51. The van der Waals surface area contributed by atoms with E-state index in [1.54, 1.807) is 6.07 Å². The molecular weight excluding hydrogens is 253 g/mol. The molecule has 1 aromatic heterocycles. The molecule has 0 spiro atoms. The summed E-state index contributed by atoms with van der Waals surface area (Å²) < 4.78 is 5.61. The van der Waals surface area contributed by atoms with Crippen molar-refractivity contribution in [2.75, 3.05) is 0 Å². The monoisotopic (exact) mass is 257 g/mol. The zero-order valence-corrected chi connectivity index (χ0v) is 8.84. The fourth-order valence-electron chi connectivity index (χ4n) is 1.02. The molecule has 1 heterocycles. The van der Waals surface area contributed by atoms with Crippen LogP contribution < -0.4 is 0 Å². The fourth-order valence-corrected chi connectivity index (χ4v) is 1.44. The van der Waals surface area contributed by atoms with Crippen LogP contribution in [0.25, 0.3) is 11.3 Å².